The lowest BCUT2D eigenvalue weighted by Gasteiger charge is -2.35. The van der Waals surface area contributed by atoms with Crippen LogP contribution >= 0.6 is 0 Å². The van der Waals surface area contributed by atoms with E-state index in [2.05, 4.69) is 29.4 Å². The highest BCUT2D eigenvalue weighted by Crippen LogP contribution is 2.25. The van der Waals surface area contributed by atoms with Gasteiger partial charge in [0.1, 0.15) is 5.75 Å². The smallest absolute Gasteiger partial charge is 0.238 e. The molecule has 21 heavy (non-hydrogen) atoms. The first-order chi connectivity index (χ1) is 9.97. The summed E-state index contributed by atoms with van der Waals surface area (Å²) in [6.45, 7) is 8.47. The lowest BCUT2D eigenvalue weighted by molar-refractivity contribution is -0.117. The molecule has 1 heterocycles. The minimum atomic E-state index is 0.000185. The quantitative estimate of drug-likeness (QED) is 0.885. The summed E-state index contributed by atoms with van der Waals surface area (Å²) in [5, 5.41) is 6.42. The van der Waals surface area contributed by atoms with Crippen LogP contribution in [0.2, 0.25) is 0 Å². The Hall–Kier alpha value is -1.59. The fourth-order valence-electron chi connectivity index (χ4n) is 2.88. The summed E-state index contributed by atoms with van der Waals surface area (Å²) in [4.78, 5) is 14.4. The average molecular weight is 291 g/mol. The summed E-state index contributed by atoms with van der Waals surface area (Å²) in [7, 11) is 1.61. The van der Waals surface area contributed by atoms with Crippen LogP contribution in [0.25, 0.3) is 0 Å². The molecule has 2 atom stereocenters. The second kappa shape index (κ2) is 6.91. The number of amides is 1. The number of hydrogen-bond acceptors (Lipinski definition) is 4. The zero-order chi connectivity index (χ0) is 15.4. The number of benzene rings is 1. The maximum Gasteiger partial charge on any atom is 0.238 e. The minimum absolute atomic E-state index is 0.000185. The molecule has 1 aromatic carbocycles. The van der Waals surface area contributed by atoms with Crippen molar-refractivity contribution in [2.45, 2.75) is 32.9 Å². The van der Waals surface area contributed by atoms with Crippen molar-refractivity contribution in [1.29, 1.82) is 0 Å². The van der Waals surface area contributed by atoms with Gasteiger partial charge in [0.25, 0.3) is 0 Å². The van der Waals surface area contributed by atoms with Gasteiger partial charge in [-0.3, -0.25) is 9.69 Å². The van der Waals surface area contributed by atoms with Gasteiger partial charge in [-0.2, -0.15) is 0 Å². The van der Waals surface area contributed by atoms with E-state index in [0.717, 1.165) is 24.3 Å². The Labute approximate surface area is 126 Å². The molecule has 1 aromatic rings. The lowest BCUT2D eigenvalue weighted by Crippen LogP contribution is -2.55. The minimum Gasteiger partial charge on any atom is -0.495 e. The van der Waals surface area contributed by atoms with E-state index in [9.17, 15) is 4.79 Å². The second-order valence-corrected chi connectivity index (χ2v) is 5.91. The van der Waals surface area contributed by atoms with Gasteiger partial charge in [-0.15, -0.1) is 0 Å². The largest absolute Gasteiger partial charge is 0.495 e. The molecule has 1 aliphatic rings. The molecule has 2 rings (SSSR count). The van der Waals surface area contributed by atoms with Gasteiger partial charge in [-0.05, 0) is 38.5 Å². The highest BCUT2D eigenvalue weighted by Gasteiger charge is 2.22. The van der Waals surface area contributed by atoms with Crippen LogP contribution in [0, 0.1) is 6.92 Å². The van der Waals surface area contributed by atoms with Crippen LogP contribution in [0.3, 0.4) is 0 Å². The highest BCUT2D eigenvalue weighted by atomic mass is 16.5. The molecule has 5 nitrogen and oxygen atoms in total. The number of carbonyl (C=O) groups excluding carboxylic acids is 1. The van der Waals surface area contributed by atoms with E-state index < -0.39 is 0 Å². The van der Waals surface area contributed by atoms with E-state index in [4.69, 9.17) is 4.74 Å². The third kappa shape index (κ3) is 4.44. The first-order valence-electron chi connectivity index (χ1n) is 7.41. The molecule has 0 aromatic heterocycles. The SMILES string of the molecule is COc1ccc(C)cc1NC(=O)CN1CC(C)NC(C)C1. The molecule has 2 unspecified atom stereocenters. The van der Waals surface area contributed by atoms with E-state index in [-0.39, 0.29) is 5.91 Å². The molecular weight excluding hydrogens is 266 g/mol. The number of anilines is 1. The van der Waals surface area contributed by atoms with Crippen molar-refractivity contribution >= 4 is 11.6 Å². The Bertz CT molecular complexity index is 494. The molecule has 5 heteroatoms. The molecule has 1 saturated heterocycles. The first kappa shape index (κ1) is 15.8. The predicted molar refractivity (Wildman–Crippen MR) is 84.9 cm³/mol. The van der Waals surface area contributed by atoms with Gasteiger partial charge in [-0.25, -0.2) is 0 Å². The molecule has 1 fully saturated rings. The molecular formula is C16H25N3O2. The first-order valence-corrected chi connectivity index (χ1v) is 7.41. The number of piperazine rings is 1. The van der Waals surface area contributed by atoms with Gasteiger partial charge in [-0.1, -0.05) is 6.07 Å². The predicted octanol–water partition coefficient (Wildman–Crippen LogP) is 1.62. The number of hydrogen-bond donors (Lipinski definition) is 2. The Morgan fingerprint density at radius 3 is 2.67 bits per heavy atom. The summed E-state index contributed by atoms with van der Waals surface area (Å²) in [6, 6.07) is 6.60. The summed E-state index contributed by atoms with van der Waals surface area (Å²) in [5.74, 6) is 0.691. The zero-order valence-corrected chi connectivity index (χ0v) is 13.3. The Morgan fingerprint density at radius 2 is 2.05 bits per heavy atom. The van der Waals surface area contributed by atoms with Crippen molar-refractivity contribution in [3.8, 4) is 5.75 Å². The van der Waals surface area contributed by atoms with E-state index in [1.807, 2.05) is 25.1 Å². The maximum absolute atomic E-state index is 12.2. The van der Waals surface area contributed by atoms with E-state index in [0.29, 0.717) is 24.4 Å². The van der Waals surface area contributed by atoms with Crippen LogP contribution in [0.4, 0.5) is 5.69 Å². The topological polar surface area (TPSA) is 53.6 Å². The molecule has 1 amide bonds. The highest BCUT2D eigenvalue weighted by molar-refractivity contribution is 5.93. The molecule has 116 valence electrons. The number of nitrogens with zero attached hydrogens (tertiary/aromatic N) is 1. The third-order valence-electron chi connectivity index (χ3n) is 3.63. The number of methoxy groups -OCH3 is 1. The average Bonchev–Trinajstić information content (AvgIpc) is 2.37. The van der Waals surface area contributed by atoms with E-state index in [1.165, 1.54) is 0 Å². The summed E-state index contributed by atoms with van der Waals surface area (Å²) in [6.07, 6.45) is 0. The second-order valence-electron chi connectivity index (χ2n) is 5.91. The van der Waals surface area contributed by atoms with Crippen molar-refractivity contribution in [3.05, 3.63) is 23.8 Å². The molecule has 0 saturated carbocycles. The standard InChI is InChI=1S/C16H25N3O2/c1-11-5-6-15(21-4)14(7-11)18-16(20)10-19-8-12(2)17-13(3)9-19/h5-7,12-13,17H,8-10H2,1-4H3,(H,18,20). The summed E-state index contributed by atoms with van der Waals surface area (Å²) < 4.78 is 5.29. The number of nitrogens with one attached hydrogen (secondary N) is 2. The number of aryl methyl sites for hydroxylation is 1. The van der Waals surface area contributed by atoms with Crippen LogP contribution < -0.4 is 15.4 Å². The molecule has 0 bridgehead atoms. The number of ether oxygens (including phenoxy) is 1. The Kier molecular flexibility index (Phi) is 5.20. The van der Waals surface area contributed by atoms with Crippen LogP contribution in [0.5, 0.6) is 5.75 Å². The Morgan fingerprint density at radius 1 is 1.38 bits per heavy atom. The van der Waals surface area contributed by atoms with Crippen LogP contribution in [0.1, 0.15) is 19.4 Å². The fraction of sp³-hybridized carbons (Fsp3) is 0.562. The molecule has 0 spiro atoms. The van der Waals surface area contributed by atoms with Crippen molar-refractivity contribution < 1.29 is 9.53 Å². The third-order valence-corrected chi connectivity index (χ3v) is 3.63. The Balaban J connectivity index is 1.97. The van der Waals surface area contributed by atoms with Crippen LogP contribution in [-0.2, 0) is 4.79 Å². The van der Waals surface area contributed by atoms with Gasteiger partial charge in [0.15, 0.2) is 0 Å². The number of carbonyl (C=O) groups is 1. The fourth-order valence-corrected chi connectivity index (χ4v) is 2.88. The van der Waals surface area contributed by atoms with Crippen LogP contribution in [-0.4, -0.2) is 49.6 Å². The molecule has 2 N–H and O–H groups in total. The van der Waals surface area contributed by atoms with Crippen molar-refractivity contribution in [3.63, 3.8) is 0 Å². The zero-order valence-electron chi connectivity index (χ0n) is 13.3. The van der Waals surface area contributed by atoms with Gasteiger partial charge in [0.2, 0.25) is 5.91 Å². The van der Waals surface area contributed by atoms with Gasteiger partial charge < -0.3 is 15.4 Å². The summed E-state index contributed by atoms with van der Waals surface area (Å²) in [5.41, 5.74) is 1.83. The molecule has 0 radical (unpaired) electrons. The van der Waals surface area contributed by atoms with Crippen molar-refractivity contribution in [2.24, 2.45) is 0 Å². The normalized spacial score (nSPS) is 22.9. The lowest BCUT2D eigenvalue weighted by atomic mass is 10.1. The summed E-state index contributed by atoms with van der Waals surface area (Å²) >= 11 is 0. The molecule has 1 aliphatic heterocycles. The van der Waals surface area contributed by atoms with Gasteiger partial charge in [0.05, 0.1) is 19.3 Å². The van der Waals surface area contributed by atoms with Gasteiger partial charge >= 0.3 is 0 Å². The van der Waals surface area contributed by atoms with Gasteiger partial charge in [0, 0.05) is 25.2 Å². The van der Waals surface area contributed by atoms with Crippen molar-refractivity contribution in [1.82, 2.24) is 10.2 Å². The monoisotopic (exact) mass is 291 g/mol. The van der Waals surface area contributed by atoms with E-state index in [1.54, 1.807) is 7.11 Å². The van der Waals surface area contributed by atoms with Crippen LogP contribution in [0.15, 0.2) is 18.2 Å². The van der Waals surface area contributed by atoms with E-state index >= 15 is 0 Å². The number of rotatable bonds is 4. The molecule has 0 aliphatic carbocycles. The maximum atomic E-state index is 12.2. The van der Waals surface area contributed by atoms with Crippen molar-refractivity contribution in [2.75, 3.05) is 32.1 Å².